The van der Waals surface area contributed by atoms with Crippen LogP contribution >= 0.6 is 0 Å². The number of benzene rings is 5. The number of aliphatic imine (C=N–C) groups is 12. The zero-order valence-electron chi connectivity index (χ0n) is 57.8. The van der Waals surface area contributed by atoms with Gasteiger partial charge in [0.2, 0.25) is 0 Å². The van der Waals surface area contributed by atoms with Gasteiger partial charge in [-0.05, 0) is 191 Å². The van der Waals surface area contributed by atoms with Gasteiger partial charge in [-0.25, -0.2) is 20.0 Å². The summed E-state index contributed by atoms with van der Waals surface area (Å²) >= 11 is 0. The van der Waals surface area contributed by atoms with E-state index in [0.29, 0.717) is 115 Å². The minimum atomic E-state index is -0.186. The summed E-state index contributed by atoms with van der Waals surface area (Å²) in [5, 5.41) is 49.7. The second-order valence-electron chi connectivity index (χ2n) is 26.0. The summed E-state index contributed by atoms with van der Waals surface area (Å²) in [5.74, 6) is 2.39. The molecule has 5 aliphatic heterocycles. The lowest BCUT2D eigenvalue weighted by atomic mass is 9.90. The number of fused-ring (bicyclic) bond motifs is 19. The first-order chi connectivity index (χ1) is 50.1. The molecule has 20 nitrogen and oxygen atoms in total. The molecule has 0 radical (unpaired) electrons. The monoisotopic (exact) mass is 1370 g/mol. The average molecular weight is 1370 g/mol. The Hall–Kier alpha value is -12.3. The fourth-order valence-corrected chi connectivity index (χ4v) is 12.6. The Morgan fingerprint density at radius 1 is 0.359 bits per heavy atom. The topological polar surface area (TPSA) is 287 Å². The predicted octanol–water partition coefficient (Wildman–Crippen LogP) is 14.0. The second-order valence-corrected chi connectivity index (χ2v) is 26.0. The molecule has 0 saturated heterocycles. The van der Waals surface area contributed by atoms with Crippen LogP contribution in [0.1, 0.15) is 125 Å². The molecule has 2 fully saturated rings. The molecule has 103 heavy (non-hydrogen) atoms. The number of carbonyl (C=O) groups excluding carboxylic acids is 2. The van der Waals surface area contributed by atoms with Crippen LogP contribution in [0, 0.1) is 27.7 Å². The highest BCUT2D eigenvalue weighted by atomic mass is 16.3. The van der Waals surface area contributed by atoms with Gasteiger partial charge in [0.25, 0.3) is 0 Å². The van der Waals surface area contributed by atoms with Crippen LogP contribution in [0.25, 0.3) is 0 Å². The number of nitrogens with one attached hydrogen (secondary N) is 2. The number of hydrogen-bond donors (Lipinski definition) is 6. The molecule has 0 spiro atoms. The zero-order valence-corrected chi connectivity index (χ0v) is 57.8. The number of amidine groups is 2. The third-order valence-electron chi connectivity index (χ3n) is 17.9. The molecule has 5 heterocycles. The number of aromatic hydroxyl groups is 4. The van der Waals surface area contributed by atoms with Gasteiger partial charge in [-0.3, -0.25) is 49.5 Å². The van der Waals surface area contributed by atoms with Gasteiger partial charge in [0, 0.05) is 154 Å². The third kappa shape index (κ3) is 18.6. The number of para-hydroxylation sites is 2. The normalized spacial score (nSPS) is 20.5. The van der Waals surface area contributed by atoms with Gasteiger partial charge in [0.1, 0.15) is 46.3 Å². The van der Waals surface area contributed by atoms with Crippen molar-refractivity contribution in [3.63, 3.8) is 0 Å². The molecular formula is C83H80N14O6. The number of Topliss-reactive ketones (excluding diaryl/α,β-unsaturated/α-hetero) is 2. The van der Waals surface area contributed by atoms with Crippen molar-refractivity contribution in [3.8, 4) is 23.0 Å². The van der Waals surface area contributed by atoms with E-state index in [1.54, 1.807) is 123 Å². The van der Waals surface area contributed by atoms with Crippen molar-refractivity contribution in [2.75, 3.05) is 13.1 Å². The number of aryl methyl sites for hydroxylation is 4. The van der Waals surface area contributed by atoms with Crippen molar-refractivity contribution in [3.05, 3.63) is 259 Å². The average Bonchev–Trinajstić information content (AvgIpc) is 0.971. The summed E-state index contributed by atoms with van der Waals surface area (Å²) in [5.41, 5.74) is 12.5. The van der Waals surface area contributed by atoms with E-state index in [4.69, 9.17) is 20.0 Å². The van der Waals surface area contributed by atoms with E-state index in [9.17, 15) is 30.0 Å². The molecule has 518 valence electrons. The van der Waals surface area contributed by atoms with Crippen molar-refractivity contribution in [2.45, 2.75) is 110 Å². The minimum absolute atomic E-state index is 0.0434. The van der Waals surface area contributed by atoms with Crippen molar-refractivity contribution >= 4 is 96.8 Å². The highest BCUT2D eigenvalue weighted by Crippen LogP contribution is 2.33. The number of rotatable bonds is 0. The van der Waals surface area contributed by atoms with Crippen LogP contribution in [0.15, 0.2) is 252 Å². The van der Waals surface area contributed by atoms with Crippen LogP contribution in [-0.4, -0.2) is 143 Å². The molecule has 5 aromatic carbocycles. The molecule has 20 heteroatoms. The van der Waals surface area contributed by atoms with Gasteiger partial charge in [-0.2, -0.15) is 0 Å². The smallest absolute Gasteiger partial charge is 0.196 e. The van der Waals surface area contributed by atoms with Gasteiger partial charge in [0.15, 0.2) is 11.6 Å². The largest absolute Gasteiger partial charge is 0.507 e. The van der Waals surface area contributed by atoms with E-state index in [-0.39, 0.29) is 58.7 Å². The summed E-state index contributed by atoms with van der Waals surface area (Å²) in [4.78, 5) is 80.8. The maximum Gasteiger partial charge on any atom is 0.196 e. The number of ketones is 2. The lowest BCUT2D eigenvalue weighted by molar-refractivity contribution is -0.112. The molecular weight excluding hydrogens is 1290 g/mol. The van der Waals surface area contributed by atoms with E-state index in [1.165, 1.54) is 24.8 Å². The number of hydrogen-bond acceptors (Lipinski definition) is 20. The highest BCUT2D eigenvalue weighted by Gasteiger charge is 2.27. The number of carbonyl (C=O) groups is 2. The first kappa shape index (κ1) is 70.5. The SMILES string of the molecule is Cc1cc2c(O)c(c1)C=NC1CCCCC1N=Cc1cc(C)cc(c1O)C=NC1CCCCC1N=C2.Cc1cc2c(O)c(c1)C=Nc1ccccc1N=Cc1cc(C)cc(c1O)C=NCCCN=C2.O=C1C2=CC=CC1=CN=C1C=CC=C(N=CC3=CC=CC(=CN=C4C=CC=C(N=C2)N4)C3=O)N1. The van der Waals surface area contributed by atoms with Crippen molar-refractivity contribution < 1.29 is 30.0 Å². The Morgan fingerprint density at radius 2 is 0.680 bits per heavy atom. The standard InChI is InChI=1S/C30H36N4O2.C27H26N4O2.C26H18N6O2/c1-19-11-21-15-31-25-7-3-5-9-27(25)33-17-23-13-20(2)14-24(30(23)36)18-34-28-10-6-4-8-26(28)32-16-22(12-19)29(21)35;1-18-10-20-14-28-8-5-9-29-15-21-11-19(2)13-23(27(21)33)17-31-25-7-4-3-6-24(25)30-16-22(12-18)26(20)32;33-25-17-5-1-6-18(25)14-28-22-10-4-12-24(32-22)30-16-20-8-2-7-19(26(20)34)15-29-23-11-3-9-21(31-23)27-13-17/h11-18,25-28,35-36H,3-10H2,1-2H3;3-4,6-7,10-17,32-33H,5,8-9H2,1-2H3;1-16H,(H,27,29,31)(H,28,30,32). The quantitative estimate of drug-likeness (QED) is 0.0864. The van der Waals surface area contributed by atoms with Gasteiger partial charge in [-0.1, -0.05) is 62.1 Å². The molecule has 9 aliphatic rings. The van der Waals surface area contributed by atoms with E-state index in [0.717, 1.165) is 80.0 Å². The van der Waals surface area contributed by atoms with Crippen LogP contribution in [0.3, 0.4) is 0 Å². The van der Waals surface area contributed by atoms with Crippen molar-refractivity contribution in [1.82, 2.24) is 10.6 Å². The zero-order chi connectivity index (χ0) is 71.6. The Bertz CT molecular complexity index is 4510. The van der Waals surface area contributed by atoms with E-state index < -0.39 is 0 Å². The predicted molar refractivity (Wildman–Crippen MR) is 418 cm³/mol. The summed E-state index contributed by atoms with van der Waals surface area (Å²) in [6.45, 7) is 9.17. The van der Waals surface area contributed by atoms with Gasteiger partial charge < -0.3 is 31.1 Å². The molecule has 16 bridgehead atoms. The first-order valence-electron chi connectivity index (χ1n) is 34.6. The van der Waals surface area contributed by atoms with E-state index >= 15 is 0 Å². The minimum Gasteiger partial charge on any atom is -0.507 e. The number of dihydropyridines is 2. The van der Waals surface area contributed by atoms with E-state index in [1.807, 2.05) is 100 Å². The van der Waals surface area contributed by atoms with Crippen LogP contribution in [-0.2, 0) is 9.59 Å². The van der Waals surface area contributed by atoms with Crippen molar-refractivity contribution in [2.24, 2.45) is 59.9 Å². The summed E-state index contributed by atoms with van der Waals surface area (Å²) in [6, 6.07) is 23.1. The maximum atomic E-state index is 12.8. The molecule has 0 aromatic heterocycles. The number of nitrogens with zero attached hydrogens (tertiary/aromatic N) is 12. The van der Waals surface area contributed by atoms with Crippen LogP contribution in [0.2, 0.25) is 0 Å². The summed E-state index contributed by atoms with van der Waals surface area (Å²) < 4.78 is 0. The van der Waals surface area contributed by atoms with Crippen LogP contribution < -0.4 is 10.6 Å². The highest BCUT2D eigenvalue weighted by molar-refractivity contribution is 6.24. The Labute approximate surface area is 598 Å². The summed E-state index contributed by atoms with van der Waals surface area (Å²) in [6.07, 6.45) is 49.9. The third-order valence-corrected chi connectivity index (χ3v) is 17.9. The molecule has 2 saturated carbocycles. The fraction of sp³-hybridized carbons (Fsp3) is 0.229. The fourth-order valence-electron chi connectivity index (χ4n) is 12.6. The second kappa shape index (κ2) is 33.7. The molecule has 0 amide bonds. The number of phenols is 4. The van der Waals surface area contributed by atoms with Gasteiger partial charge in [-0.15, -0.1) is 0 Å². The Balaban J connectivity index is 0.000000146. The lowest BCUT2D eigenvalue weighted by Crippen LogP contribution is -2.27. The number of phenolic OH excluding ortho intramolecular Hbond substituents is 4. The molecule has 14 rings (SSSR count). The van der Waals surface area contributed by atoms with E-state index in [2.05, 4.69) is 50.6 Å². The van der Waals surface area contributed by atoms with Gasteiger partial charge >= 0.3 is 0 Å². The maximum absolute atomic E-state index is 12.8. The van der Waals surface area contributed by atoms with Crippen LogP contribution in [0.5, 0.6) is 23.0 Å². The molecule has 4 atom stereocenters. The Kier molecular flexibility index (Phi) is 23.1. The molecule has 5 aromatic rings. The molecule has 4 aliphatic carbocycles. The van der Waals surface area contributed by atoms with Gasteiger partial charge in [0.05, 0.1) is 35.5 Å². The first-order valence-corrected chi connectivity index (χ1v) is 34.6. The lowest BCUT2D eigenvalue weighted by Gasteiger charge is -2.26. The molecule has 4 unspecified atom stereocenters. The number of allylic oxidation sites excluding steroid dienone is 14. The molecule has 6 N–H and O–H groups in total. The van der Waals surface area contributed by atoms with Crippen molar-refractivity contribution in [1.29, 1.82) is 0 Å². The van der Waals surface area contributed by atoms with Crippen LogP contribution in [0.4, 0.5) is 11.4 Å². The Morgan fingerprint density at radius 3 is 1.03 bits per heavy atom. The summed E-state index contributed by atoms with van der Waals surface area (Å²) in [7, 11) is 0.